The van der Waals surface area contributed by atoms with E-state index in [4.69, 9.17) is 4.98 Å². The van der Waals surface area contributed by atoms with E-state index in [9.17, 15) is 18.8 Å². The van der Waals surface area contributed by atoms with Crippen LogP contribution in [-0.4, -0.2) is 28.8 Å². The summed E-state index contributed by atoms with van der Waals surface area (Å²) in [6.07, 6.45) is 0.774. The summed E-state index contributed by atoms with van der Waals surface area (Å²) in [5.74, 6) is -0.201. The smallest absolute Gasteiger partial charge is 0.183 e. The highest BCUT2D eigenvalue weighted by Crippen LogP contribution is 2.33. The first-order chi connectivity index (χ1) is 14.0. The minimum Gasteiger partial charge on any atom is -0.353 e. The minimum absolute atomic E-state index is 0.129. The molecule has 4 rings (SSSR count). The van der Waals surface area contributed by atoms with Gasteiger partial charge in [-0.25, -0.2) is 18.7 Å². The highest BCUT2D eigenvalue weighted by atomic mass is 19.1. The monoisotopic (exact) mass is 390 g/mol. The standard InChI is InChI=1S/C22H16F2N4O/c23-16-5-1-14(2-6-16)20-21(15-3-7-17(24)8-4-15)27-22(19(13-25)26-20)28-11-9-18(29)10-12-28/h1-8H,9-12H2. The van der Waals surface area contributed by atoms with E-state index >= 15 is 0 Å². The number of piperidine rings is 1. The molecule has 1 aliphatic heterocycles. The normalized spacial score (nSPS) is 14.0. The number of nitrogens with zero attached hydrogens (tertiary/aromatic N) is 4. The number of nitriles is 1. The molecule has 1 saturated heterocycles. The Morgan fingerprint density at radius 1 is 0.828 bits per heavy atom. The second-order valence-corrected chi connectivity index (χ2v) is 6.74. The third kappa shape index (κ3) is 3.83. The van der Waals surface area contributed by atoms with Crippen molar-refractivity contribution >= 4 is 11.6 Å². The Bertz CT molecular complexity index is 1100. The van der Waals surface area contributed by atoms with Crippen LogP contribution in [0.3, 0.4) is 0 Å². The van der Waals surface area contributed by atoms with Crippen LogP contribution in [0.25, 0.3) is 22.5 Å². The van der Waals surface area contributed by atoms with Crippen molar-refractivity contribution in [3.05, 3.63) is 65.9 Å². The predicted molar refractivity (Wildman–Crippen MR) is 104 cm³/mol. The van der Waals surface area contributed by atoms with Gasteiger partial charge >= 0.3 is 0 Å². The molecule has 7 heteroatoms. The number of halogens is 2. The molecule has 144 valence electrons. The Kier molecular flexibility index (Phi) is 5.00. The summed E-state index contributed by atoms with van der Waals surface area (Å²) in [5.41, 5.74) is 2.21. The summed E-state index contributed by atoms with van der Waals surface area (Å²) in [7, 11) is 0. The Morgan fingerprint density at radius 2 is 1.31 bits per heavy atom. The van der Waals surface area contributed by atoms with Crippen LogP contribution in [0, 0.1) is 23.0 Å². The molecular formula is C22H16F2N4O. The lowest BCUT2D eigenvalue weighted by Crippen LogP contribution is -2.35. The van der Waals surface area contributed by atoms with Gasteiger partial charge in [-0.15, -0.1) is 0 Å². The van der Waals surface area contributed by atoms with Crippen LogP contribution >= 0.6 is 0 Å². The molecule has 0 amide bonds. The zero-order valence-electron chi connectivity index (χ0n) is 15.4. The van der Waals surface area contributed by atoms with Gasteiger partial charge in [-0.1, -0.05) is 0 Å². The lowest BCUT2D eigenvalue weighted by molar-refractivity contribution is -0.119. The number of aromatic nitrogens is 2. The Balaban J connectivity index is 1.90. The third-order valence-electron chi connectivity index (χ3n) is 4.84. The van der Waals surface area contributed by atoms with E-state index in [1.54, 1.807) is 24.3 Å². The summed E-state index contributed by atoms with van der Waals surface area (Å²) in [4.78, 5) is 22.7. The van der Waals surface area contributed by atoms with Gasteiger partial charge in [0.2, 0.25) is 0 Å². The molecule has 0 N–H and O–H groups in total. The van der Waals surface area contributed by atoms with E-state index in [0.717, 1.165) is 0 Å². The van der Waals surface area contributed by atoms with Gasteiger partial charge in [0.15, 0.2) is 11.5 Å². The number of carbonyl (C=O) groups excluding carboxylic acids is 1. The van der Waals surface area contributed by atoms with Gasteiger partial charge in [0.1, 0.15) is 23.5 Å². The first-order valence-corrected chi connectivity index (χ1v) is 9.16. The molecule has 0 bridgehead atoms. The highest BCUT2D eigenvalue weighted by Gasteiger charge is 2.24. The average Bonchev–Trinajstić information content (AvgIpc) is 2.75. The topological polar surface area (TPSA) is 69.9 Å². The van der Waals surface area contributed by atoms with Crippen LogP contribution < -0.4 is 4.90 Å². The largest absolute Gasteiger partial charge is 0.353 e. The first-order valence-electron chi connectivity index (χ1n) is 9.16. The summed E-state index contributed by atoms with van der Waals surface area (Å²) in [6, 6.07) is 13.6. The minimum atomic E-state index is -0.389. The maximum absolute atomic E-state index is 13.4. The van der Waals surface area contributed by atoms with Gasteiger partial charge in [-0.05, 0) is 48.5 Å². The van der Waals surface area contributed by atoms with Crippen molar-refractivity contribution in [2.75, 3.05) is 18.0 Å². The van der Waals surface area contributed by atoms with Gasteiger partial charge in [-0.3, -0.25) is 4.79 Å². The SMILES string of the molecule is N#Cc1nc(-c2ccc(F)cc2)c(-c2ccc(F)cc2)nc1N1CCC(=O)CC1. The second kappa shape index (κ2) is 7.76. The second-order valence-electron chi connectivity index (χ2n) is 6.74. The molecule has 0 spiro atoms. The van der Waals surface area contributed by atoms with Crippen molar-refractivity contribution in [1.29, 1.82) is 5.26 Å². The van der Waals surface area contributed by atoms with Crippen molar-refractivity contribution in [3.63, 3.8) is 0 Å². The van der Waals surface area contributed by atoms with E-state index in [0.29, 0.717) is 54.3 Å². The van der Waals surface area contributed by atoms with E-state index in [-0.39, 0.29) is 23.1 Å². The van der Waals surface area contributed by atoms with Crippen molar-refractivity contribution in [1.82, 2.24) is 9.97 Å². The fraction of sp³-hybridized carbons (Fsp3) is 0.182. The molecule has 0 aliphatic carbocycles. The van der Waals surface area contributed by atoms with Gasteiger partial charge in [-0.2, -0.15) is 5.26 Å². The molecule has 0 radical (unpaired) electrons. The number of hydrogen-bond acceptors (Lipinski definition) is 5. The Morgan fingerprint density at radius 3 is 1.79 bits per heavy atom. The molecule has 1 aromatic heterocycles. The maximum Gasteiger partial charge on any atom is 0.183 e. The van der Waals surface area contributed by atoms with Gasteiger partial charge in [0, 0.05) is 37.1 Å². The van der Waals surface area contributed by atoms with Crippen molar-refractivity contribution in [2.45, 2.75) is 12.8 Å². The number of Topliss-reactive ketones (excluding diaryl/α,β-unsaturated/α-hetero) is 1. The number of ketones is 1. The van der Waals surface area contributed by atoms with Crippen LogP contribution in [0.5, 0.6) is 0 Å². The zero-order valence-corrected chi connectivity index (χ0v) is 15.4. The molecule has 1 fully saturated rings. The summed E-state index contributed by atoms with van der Waals surface area (Å²) < 4.78 is 26.8. The molecule has 2 aromatic carbocycles. The molecule has 3 aromatic rings. The van der Waals surface area contributed by atoms with E-state index in [2.05, 4.69) is 11.1 Å². The Hall–Kier alpha value is -3.66. The lowest BCUT2D eigenvalue weighted by Gasteiger charge is -2.28. The van der Waals surface area contributed by atoms with E-state index < -0.39 is 0 Å². The highest BCUT2D eigenvalue weighted by molar-refractivity contribution is 5.82. The summed E-state index contributed by atoms with van der Waals surface area (Å²) in [6.45, 7) is 0.919. The van der Waals surface area contributed by atoms with Crippen molar-refractivity contribution < 1.29 is 13.6 Å². The van der Waals surface area contributed by atoms with E-state index in [1.165, 1.54) is 24.3 Å². The fourth-order valence-corrected chi connectivity index (χ4v) is 3.31. The predicted octanol–water partition coefficient (Wildman–Crippen LogP) is 4.13. The van der Waals surface area contributed by atoms with Crippen LogP contribution in [0.1, 0.15) is 18.5 Å². The van der Waals surface area contributed by atoms with Crippen molar-refractivity contribution in [3.8, 4) is 28.6 Å². The zero-order chi connectivity index (χ0) is 20.4. The summed E-state index contributed by atoms with van der Waals surface area (Å²) in [5, 5.41) is 9.66. The molecule has 0 atom stereocenters. The number of carbonyl (C=O) groups is 1. The molecule has 5 nitrogen and oxygen atoms in total. The van der Waals surface area contributed by atoms with Crippen LogP contribution in [0.2, 0.25) is 0 Å². The molecule has 2 heterocycles. The molecule has 1 aliphatic rings. The molecule has 29 heavy (non-hydrogen) atoms. The van der Waals surface area contributed by atoms with Crippen LogP contribution in [0.4, 0.5) is 14.6 Å². The molecular weight excluding hydrogens is 374 g/mol. The van der Waals surface area contributed by atoms with Crippen molar-refractivity contribution in [2.24, 2.45) is 0 Å². The van der Waals surface area contributed by atoms with Gasteiger partial charge in [0.25, 0.3) is 0 Å². The number of anilines is 1. The first kappa shape index (κ1) is 18.7. The average molecular weight is 390 g/mol. The molecule has 0 unspecified atom stereocenters. The number of hydrogen-bond donors (Lipinski definition) is 0. The summed E-state index contributed by atoms with van der Waals surface area (Å²) >= 11 is 0. The quantitative estimate of drug-likeness (QED) is 0.673. The third-order valence-corrected chi connectivity index (χ3v) is 4.84. The number of rotatable bonds is 3. The maximum atomic E-state index is 13.4. The fourth-order valence-electron chi connectivity index (χ4n) is 3.31. The Labute approximate surface area is 166 Å². The lowest BCUT2D eigenvalue weighted by atomic mass is 10.0. The number of benzene rings is 2. The van der Waals surface area contributed by atoms with E-state index in [1.807, 2.05) is 4.90 Å². The van der Waals surface area contributed by atoms with Gasteiger partial charge < -0.3 is 4.90 Å². The van der Waals surface area contributed by atoms with Crippen LogP contribution in [-0.2, 0) is 4.79 Å². The van der Waals surface area contributed by atoms with Crippen LogP contribution in [0.15, 0.2) is 48.5 Å². The van der Waals surface area contributed by atoms with Gasteiger partial charge in [0.05, 0.1) is 11.4 Å². The molecule has 0 saturated carbocycles.